The first-order valence-corrected chi connectivity index (χ1v) is 13.4. The molecule has 0 atom stereocenters. The van der Waals surface area contributed by atoms with Gasteiger partial charge in [0.25, 0.3) is 5.91 Å². The molecule has 1 saturated heterocycles. The van der Waals surface area contributed by atoms with E-state index < -0.39 is 10.0 Å². The Kier molecular flexibility index (Phi) is 5.97. The average Bonchev–Trinajstić information content (AvgIpc) is 3.42. The van der Waals surface area contributed by atoms with Crippen molar-refractivity contribution in [3.8, 4) is 5.13 Å². The normalized spacial score (nSPS) is 15.6. The molecule has 1 aliphatic heterocycles. The van der Waals surface area contributed by atoms with Gasteiger partial charge in [0.1, 0.15) is 5.82 Å². The quantitative estimate of drug-likeness (QED) is 0.441. The van der Waals surface area contributed by atoms with Gasteiger partial charge in [0.15, 0.2) is 0 Å². The van der Waals surface area contributed by atoms with Gasteiger partial charge in [0.2, 0.25) is 15.2 Å². The fraction of sp³-hybridized carbons (Fsp3) is 0.292. The minimum Gasteiger partial charge on any atom is -0.306 e. The topological polar surface area (TPSA) is 97.2 Å². The van der Waals surface area contributed by atoms with E-state index >= 15 is 0 Å². The van der Waals surface area contributed by atoms with E-state index in [4.69, 9.17) is 0 Å². The molecule has 0 spiro atoms. The summed E-state index contributed by atoms with van der Waals surface area (Å²) in [4.78, 5) is 17.8. The number of aryl methyl sites for hydroxylation is 1. The van der Waals surface area contributed by atoms with Gasteiger partial charge in [-0.3, -0.25) is 4.79 Å². The van der Waals surface area contributed by atoms with E-state index in [1.165, 1.54) is 27.8 Å². The summed E-state index contributed by atoms with van der Waals surface area (Å²) >= 11 is 1.49. The highest BCUT2D eigenvalue weighted by Crippen LogP contribution is 2.28. The number of carbonyl (C=O) groups is 1. The number of nitrogens with zero attached hydrogens (tertiary/aromatic N) is 4. The van der Waals surface area contributed by atoms with Crippen molar-refractivity contribution < 1.29 is 13.2 Å². The third-order valence-electron chi connectivity index (χ3n) is 6.03. The first kappa shape index (κ1) is 22.7. The summed E-state index contributed by atoms with van der Waals surface area (Å²) in [6.07, 6.45) is 1.73. The van der Waals surface area contributed by atoms with Gasteiger partial charge in [-0.15, -0.1) is 0 Å². The molecule has 34 heavy (non-hydrogen) atoms. The molecule has 5 rings (SSSR count). The molecular formula is C24H25N5O3S2. The van der Waals surface area contributed by atoms with Crippen LogP contribution in [0.2, 0.25) is 0 Å². The molecule has 0 radical (unpaired) electrons. The zero-order valence-electron chi connectivity index (χ0n) is 18.9. The van der Waals surface area contributed by atoms with Gasteiger partial charge < -0.3 is 5.32 Å². The standard InChI is InChI=1S/C24H25N5O3S2/c1-16-11-13-28(14-12-16)34(31,32)19-9-7-18(8-10-19)23(30)26-22-15-17(2)27-29(22)24-25-20-5-3-4-6-21(20)33-24/h3-10,15-16H,11-14H2,1-2H3,(H,26,30). The first-order chi connectivity index (χ1) is 16.3. The van der Waals surface area contributed by atoms with E-state index in [-0.39, 0.29) is 10.8 Å². The van der Waals surface area contributed by atoms with Crippen molar-refractivity contribution in [1.82, 2.24) is 19.1 Å². The molecule has 1 N–H and O–H groups in total. The van der Waals surface area contributed by atoms with Crippen molar-refractivity contribution in [1.29, 1.82) is 0 Å². The van der Waals surface area contributed by atoms with Gasteiger partial charge in [0.05, 0.1) is 20.8 Å². The number of thiazole rings is 1. The molecule has 176 valence electrons. The zero-order valence-corrected chi connectivity index (χ0v) is 20.6. The molecule has 1 aliphatic rings. The van der Waals surface area contributed by atoms with Gasteiger partial charge in [-0.2, -0.15) is 14.1 Å². The van der Waals surface area contributed by atoms with Gasteiger partial charge in [-0.05, 0) is 62.1 Å². The molecule has 1 fully saturated rings. The van der Waals surface area contributed by atoms with Crippen LogP contribution in [0.1, 0.15) is 35.8 Å². The van der Waals surface area contributed by atoms with Crippen LogP contribution in [0.25, 0.3) is 15.3 Å². The Morgan fingerprint density at radius 3 is 2.50 bits per heavy atom. The molecule has 10 heteroatoms. The number of anilines is 1. The van der Waals surface area contributed by atoms with Crippen LogP contribution < -0.4 is 5.32 Å². The number of carbonyl (C=O) groups excluding carboxylic acids is 1. The van der Waals surface area contributed by atoms with Crippen LogP contribution in [0, 0.1) is 12.8 Å². The summed E-state index contributed by atoms with van der Waals surface area (Å²) in [5, 5.41) is 8.03. The Morgan fingerprint density at radius 1 is 1.09 bits per heavy atom. The fourth-order valence-corrected chi connectivity index (χ4v) is 6.43. The Bertz CT molecular complexity index is 1420. The highest BCUT2D eigenvalue weighted by Gasteiger charge is 2.28. The third kappa shape index (κ3) is 4.36. The zero-order chi connectivity index (χ0) is 23.9. The number of para-hydroxylation sites is 1. The number of amides is 1. The van der Waals surface area contributed by atoms with Crippen molar-refractivity contribution in [2.24, 2.45) is 5.92 Å². The second kappa shape index (κ2) is 8.94. The van der Waals surface area contributed by atoms with Gasteiger partial charge in [-0.1, -0.05) is 30.4 Å². The monoisotopic (exact) mass is 495 g/mol. The fourth-order valence-electron chi connectivity index (χ4n) is 4.03. The number of benzene rings is 2. The molecule has 4 aromatic rings. The summed E-state index contributed by atoms with van der Waals surface area (Å²) in [5.41, 5.74) is 1.97. The maximum Gasteiger partial charge on any atom is 0.256 e. The lowest BCUT2D eigenvalue weighted by molar-refractivity contribution is 0.102. The predicted molar refractivity (Wildman–Crippen MR) is 133 cm³/mol. The second-order valence-electron chi connectivity index (χ2n) is 8.61. The summed E-state index contributed by atoms with van der Waals surface area (Å²) in [6.45, 7) is 5.05. The van der Waals surface area contributed by atoms with E-state index in [0.29, 0.717) is 35.5 Å². The Morgan fingerprint density at radius 2 is 1.79 bits per heavy atom. The predicted octanol–water partition coefficient (Wildman–Crippen LogP) is 4.46. The van der Waals surface area contributed by atoms with Crippen LogP contribution in [0.4, 0.5) is 5.82 Å². The van der Waals surface area contributed by atoms with Crippen LogP contribution in [0.15, 0.2) is 59.5 Å². The Balaban J connectivity index is 1.35. The SMILES string of the molecule is Cc1cc(NC(=O)c2ccc(S(=O)(=O)N3CCC(C)CC3)cc2)n(-c2nc3ccccc3s2)n1. The lowest BCUT2D eigenvalue weighted by atomic mass is 10.0. The third-order valence-corrected chi connectivity index (χ3v) is 8.96. The molecule has 2 aromatic heterocycles. The van der Waals surface area contributed by atoms with Gasteiger partial charge >= 0.3 is 0 Å². The van der Waals surface area contributed by atoms with Crippen molar-refractivity contribution in [2.45, 2.75) is 31.6 Å². The van der Waals surface area contributed by atoms with E-state index in [2.05, 4.69) is 22.3 Å². The lowest BCUT2D eigenvalue weighted by Crippen LogP contribution is -2.37. The maximum absolute atomic E-state index is 13.0. The van der Waals surface area contributed by atoms with Crippen LogP contribution >= 0.6 is 11.3 Å². The van der Waals surface area contributed by atoms with E-state index in [1.807, 2.05) is 31.2 Å². The number of sulfonamides is 1. The highest BCUT2D eigenvalue weighted by molar-refractivity contribution is 7.89. The molecular weight excluding hydrogens is 470 g/mol. The molecule has 2 aromatic carbocycles. The minimum absolute atomic E-state index is 0.203. The summed E-state index contributed by atoms with van der Waals surface area (Å²) in [5.74, 6) is 0.691. The molecule has 8 nitrogen and oxygen atoms in total. The summed E-state index contributed by atoms with van der Waals surface area (Å²) in [7, 11) is -3.56. The number of piperidine rings is 1. The van der Waals surface area contributed by atoms with Crippen LogP contribution in [-0.4, -0.2) is 46.5 Å². The highest BCUT2D eigenvalue weighted by atomic mass is 32.2. The van der Waals surface area contributed by atoms with Crippen LogP contribution in [0.5, 0.6) is 0 Å². The molecule has 0 saturated carbocycles. The Hall–Kier alpha value is -3.08. The number of rotatable bonds is 5. The molecule has 0 bridgehead atoms. The number of aromatic nitrogens is 3. The van der Waals surface area contributed by atoms with Crippen molar-refractivity contribution in [3.05, 3.63) is 65.9 Å². The smallest absolute Gasteiger partial charge is 0.256 e. The summed E-state index contributed by atoms with van der Waals surface area (Å²) in [6, 6.07) is 15.7. The molecule has 3 heterocycles. The largest absolute Gasteiger partial charge is 0.306 e. The minimum atomic E-state index is -3.56. The first-order valence-electron chi connectivity index (χ1n) is 11.2. The van der Waals surface area contributed by atoms with E-state index in [0.717, 1.165) is 28.8 Å². The number of hydrogen-bond acceptors (Lipinski definition) is 6. The molecule has 0 unspecified atom stereocenters. The van der Waals surface area contributed by atoms with Gasteiger partial charge in [-0.25, -0.2) is 13.4 Å². The summed E-state index contributed by atoms with van der Waals surface area (Å²) < 4.78 is 30.1. The van der Waals surface area contributed by atoms with Crippen molar-refractivity contribution in [3.63, 3.8) is 0 Å². The maximum atomic E-state index is 13.0. The van der Waals surface area contributed by atoms with E-state index in [1.54, 1.807) is 22.9 Å². The van der Waals surface area contributed by atoms with Crippen LogP contribution in [0.3, 0.4) is 0 Å². The molecule has 1 amide bonds. The number of nitrogens with one attached hydrogen (secondary N) is 1. The van der Waals surface area contributed by atoms with Crippen molar-refractivity contribution >= 4 is 43.3 Å². The number of hydrogen-bond donors (Lipinski definition) is 1. The number of fused-ring (bicyclic) bond motifs is 1. The lowest BCUT2D eigenvalue weighted by Gasteiger charge is -2.29. The van der Waals surface area contributed by atoms with Crippen LogP contribution in [-0.2, 0) is 10.0 Å². The average molecular weight is 496 g/mol. The second-order valence-corrected chi connectivity index (χ2v) is 11.6. The molecule has 0 aliphatic carbocycles. The van der Waals surface area contributed by atoms with E-state index in [9.17, 15) is 13.2 Å². The van der Waals surface area contributed by atoms with Crippen molar-refractivity contribution in [2.75, 3.05) is 18.4 Å². The Labute approximate surface area is 202 Å². The van der Waals surface area contributed by atoms with Gasteiger partial charge in [0, 0.05) is 24.7 Å².